The van der Waals surface area contributed by atoms with Crippen LogP contribution in [-0.4, -0.2) is 16.9 Å². The number of rotatable bonds is 4. The van der Waals surface area contributed by atoms with Crippen molar-refractivity contribution >= 4 is 17.3 Å². The van der Waals surface area contributed by atoms with E-state index in [1.165, 1.54) is 6.07 Å². The highest BCUT2D eigenvalue weighted by Gasteiger charge is 2.18. The first-order valence-corrected chi connectivity index (χ1v) is 7.51. The van der Waals surface area contributed by atoms with Gasteiger partial charge in [-0.1, -0.05) is 25.0 Å². The van der Waals surface area contributed by atoms with Crippen LogP contribution in [0.25, 0.3) is 0 Å². The van der Waals surface area contributed by atoms with Gasteiger partial charge in [-0.2, -0.15) is 0 Å². The standard InChI is InChI=1S/C17H18FN3O/c18-14-7-3-4-8-15(14)20-13-9-10-19-16(11-13)17(22)21-12-5-1-2-6-12/h3-4,7-12H,1-2,5-6H2,(H,19,20)(H,21,22). The Morgan fingerprint density at radius 3 is 2.73 bits per heavy atom. The summed E-state index contributed by atoms with van der Waals surface area (Å²) >= 11 is 0. The van der Waals surface area contributed by atoms with Crippen LogP contribution in [0, 0.1) is 5.82 Å². The molecule has 22 heavy (non-hydrogen) atoms. The van der Waals surface area contributed by atoms with Gasteiger partial charge in [0.1, 0.15) is 11.5 Å². The summed E-state index contributed by atoms with van der Waals surface area (Å²) in [6, 6.07) is 10.0. The lowest BCUT2D eigenvalue weighted by Crippen LogP contribution is -2.33. The van der Waals surface area contributed by atoms with Gasteiger partial charge in [0.25, 0.3) is 5.91 Å². The zero-order valence-corrected chi connectivity index (χ0v) is 12.2. The number of anilines is 2. The third-order valence-corrected chi connectivity index (χ3v) is 3.84. The van der Waals surface area contributed by atoms with Crippen molar-refractivity contribution in [1.29, 1.82) is 0 Å². The fraction of sp³-hybridized carbons (Fsp3) is 0.294. The van der Waals surface area contributed by atoms with Crippen LogP contribution in [0.3, 0.4) is 0 Å². The Bertz CT molecular complexity index is 668. The molecule has 2 N–H and O–H groups in total. The quantitative estimate of drug-likeness (QED) is 0.906. The first kappa shape index (κ1) is 14.5. The van der Waals surface area contributed by atoms with Crippen molar-refractivity contribution in [3.8, 4) is 0 Å². The maximum Gasteiger partial charge on any atom is 0.270 e. The lowest BCUT2D eigenvalue weighted by molar-refractivity contribution is 0.0933. The molecular formula is C17H18FN3O. The molecule has 1 aromatic heterocycles. The third-order valence-electron chi connectivity index (χ3n) is 3.84. The highest BCUT2D eigenvalue weighted by Crippen LogP contribution is 2.21. The maximum atomic E-state index is 13.6. The van der Waals surface area contributed by atoms with Crippen molar-refractivity contribution in [2.75, 3.05) is 5.32 Å². The van der Waals surface area contributed by atoms with E-state index in [1.807, 2.05) is 0 Å². The summed E-state index contributed by atoms with van der Waals surface area (Å²) < 4.78 is 13.6. The minimum absolute atomic E-state index is 0.177. The average molecular weight is 299 g/mol. The van der Waals surface area contributed by atoms with Crippen LogP contribution in [-0.2, 0) is 0 Å². The lowest BCUT2D eigenvalue weighted by Gasteiger charge is -2.12. The summed E-state index contributed by atoms with van der Waals surface area (Å²) in [5.41, 5.74) is 1.35. The fourth-order valence-corrected chi connectivity index (χ4v) is 2.68. The smallest absolute Gasteiger partial charge is 0.270 e. The van der Waals surface area contributed by atoms with Crippen molar-refractivity contribution in [3.05, 3.63) is 54.1 Å². The molecule has 1 aliphatic carbocycles. The molecule has 5 heteroatoms. The molecule has 1 aromatic carbocycles. The second-order valence-corrected chi connectivity index (χ2v) is 5.49. The Labute approximate surface area is 128 Å². The lowest BCUT2D eigenvalue weighted by atomic mass is 10.2. The van der Waals surface area contributed by atoms with Gasteiger partial charge in [0.05, 0.1) is 5.69 Å². The van der Waals surface area contributed by atoms with E-state index in [9.17, 15) is 9.18 Å². The van der Waals surface area contributed by atoms with Crippen LogP contribution in [0.2, 0.25) is 0 Å². The first-order chi connectivity index (χ1) is 10.7. The predicted molar refractivity (Wildman–Crippen MR) is 83.6 cm³/mol. The molecule has 0 radical (unpaired) electrons. The van der Waals surface area contributed by atoms with Gasteiger partial charge in [-0.25, -0.2) is 4.39 Å². The Balaban J connectivity index is 1.72. The summed E-state index contributed by atoms with van der Waals surface area (Å²) in [4.78, 5) is 16.3. The summed E-state index contributed by atoms with van der Waals surface area (Å²) in [5.74, 6) is -0.514. The van der Waals surface area contributed by atoms with E-state index in [0.717, 1.165) is 25.7 Å². The first-order valence-electron chi connectivity index (χ1n) is 7.51. The van der Waals surface area contributed by atoms with E-state index in [0.29, 0.717) is 17.1 Å². The minimum atomic E-state index is -0.337. The number of nitrogens with one attached hydrogen (secondary N) is 2. The molecule has 1 heterocycles. The van der Waals surface area contributed by atoms with Crippen molar-refractivity contribution in [2.24, 2.45) is 0 Å². The molecule has 0 unspecified atom stereocenters. The molecule has 1 aliphatic rings. The SMILES string of the molecule is O=C(NC1CCCC1)c1cc(Nc2ccccc2F)ccn1. The number of pyridine rings is 1. The van der Waals surface area contributed by atoms with Crippen molar-refractivity contribution < 1.29 is 9.18 Å². The number of aromatic nitrogens is 1. The number of para-hydroxylation sites is 1. The van der Waals surface area contributed by atoms with Crippen molar-refractivity contribution in [2.45, 2.75) is 31.7 Å². The predicted octanol–water partition coefficient (Wildman–Crippen LogP) is 3.64. The zero-order chi connectivity index (χ0) is 15.4. The van der Waals surface area contributed by atoms with E-state index >= 15 is 0 Å². The normalized spacial score (nSPS) is 14.8. The van der Waals surface area contributed by atoms with Gasteiger partial charge in [0.15, 0.2) is 0 Å². The van der Waals surface area contributed by atoms with Gasteiger partial charge >= 0.3 is 0 Å². The minimum Gasteiger partial charge on any atom is -0.353 e. The van der Waals surface area contributed by atoms with Gasteiger partial charge in [0, 0.05) is 17.9 Å². The molecule has 0 spiro atoms. The second-order valence-electron chi connectivity index (χ2n) is 5.49. The Kier molecular flexibility index (Phi) is 4.32. The van der Waals surface area contributed by atoms with Gasteiger partial charge in [-0.3, -0.25) is 9.78 Å². The number of hydrogen-bond acceptors (Lipinski definition) is 3. The van der Waals surface area contributed by atoms with Crippen LogP contribution in [0.15, 0.2) is 42.6 Å². The average Bonchev–Trinajstić information content (AvgIpc) is 3.03. The number of nitrogens with zero attached hydrogens (tertiary/aromatic N) is 1. The molecule has 114 valence electrons. The third kappa shape index (κ3) is 3.42. The topological polar surface area (TPSA) is 54.0 Å². The van der Waals surface area contributed by atoms with Crippen LogP contribution in [0.5, 0.6) is 0 Å². The fourth-order valence-electron chi connectivity index (χ4n) is 2.68. The number of hydrogen-bond donors (Lipinski definition) is 2. The Morgan fingerprint density at radius 1 is 1.18 bits per heavy atom. The number of carbonyl (C=O) groups excluding carboxylic acids is 1. The number of benzene rings is 1. The highest BCUT2D eigenvalue weighted by atomic mass is 19.1. The van der Waals surface area contributed by atoms with Gasteiger partial charge in [-0.15, -0.1) is 0 Å². The summed E-state index contributed by atoms with van der Waals surface area (Å²) in [6.07, 6.45) is 5.92. The summed E-state index contributed by atoms with van der Waals surface area (Å²) in [6.45, 7) is 0. The largest absolute Gasteiger partial charge is 0.353 e. The van der Waals surface area contributed by atoms with Gasteiger partial charge in [0.2, 0.25) is 0 Å². The van der Waals surface area contributed by atoms with Crippen molar-refractivity contribution in [3.63, 3.8) is 0 Å². The van der Waals surface area contributed by atoms with E-state index in [4.69, 9.17) is 0 Å². The van der Waals surface area contributed by atoms with Crippen molar-refractivity contribution in [1.82, 2.24) is 10.3 Å². The molecule has 3 rings (SSSR count). The Morgan fingerprint density at radius 2 is 1.95 bits per heavy atom. The van der Waals surface area contributed by atoms with E-state index in [1.54, 1.807) is 36.5 Å². The molecule has 4 nitrogen and oxygen atoms in total. The van der Waals surface area contributed by atoms with Crippen LogP contribution >= 0.6 is 0 Å². The molecule has 1 saturated carbocycles. The van der Waals surface area contributed by atoms with E-state index < -0.39 is 0 Å². The maximum absolute atomic E-state index is 13.6. The molecular weight excluding hydrogens is 281 g/mol. The second kappa shape index (κ2) is 6.56. The summed E-state index contributed by atoms with van der Waals surface area (Å²) in [7, 11) is 0. The Hall–Kier alpha value is -2.43. The molecule has 1 amide bonds. The van der Waals surface area contributed by atoms with Crippen LogP contribution in [0.1, 0.15) is 36.2 Å². The van der Waals surface area contributed by atoms with Crippen LogP contribution in [0.4, 0.5) is 15.8 Å². The molecule has 1 fully saturated rings. The molecule has 0 atom stereocenters. The molecule has 0 aliphatic heterocycles. The molecule has 0 saturated heterocycles. The number of amides is 1. The summed E-state index contributed by atoms with van der Waals surface area (Å²) in [5, 5.41) is 5.96. The van der Waals surface area contributed by atoms with Gasteiger partial charge < -0.3 is 10.6 Å². The zero-order valence-electron chi connectivity index (χ0n) is 12.2. The van der Waals surface area contributed by atoms with Crippen LogP contribution < -0.4 is 10.6 Å². The highest BCUT2D eigenvalue weighted by molar-refractivity contribution is 5.93. The molecule has 2 aromatic rings. The van der Waals surface area contributed by atoms with E-state index in [-0.39, 0.29) is 17.8 Å². The number of halogens is 1. The van der Waals surface area contributed by atoms with Gasteiger partial charge in [-0.05, 0) is 37.1 Å². The monoisotopic (exact) mass is 299 g/mol. The number of carbonyl (C=O) groups is 1. The molecule has 0 bridgehead atoms. The van der Waals surface area contributed by atoms with E-state index in [2.05, 4.69) is 15.6 Å².